The van der Waals surface area contributed by atoms with Gasteiger partial charge in [-0.3, -0.25) is 20.4 Å². The summed E-state index contributed by atoms with van der Waals surface area (Å²) >= 11 is 0. The minimum atomic E-state index is -3.70. The average molecular weight is 460 g/mol. The predicted octanol–water partition coefficient (Wildman–Crippen LogP) is 1.77. The van der Waals surface area contributed by atoms with Crippen molar-refractivity contribution in [3.8, 4) is 11.5 Å². The number of hydrogen-bond acceptors (Lipinski definition) is 6. The van der Waals surface area contributed by atoms with Crippen LogP contribution in [-0.2, 0) is 14.8 Å². The maximum atomic E-state index is 13.1. The Hall–Kier alpha value is -3.11. The van der Waals surface area contributed by atoms with E-state index in [-0.39, 0.29) is 17.1 Å². The highest BCUT2D eigenvalue weighted by Crippen LogP contribution is 2.30. The first kappa shape index (κ1) is 22.1. The molecule has 2 aromatic rings. The Labute approximate surface area is 186 Å². The predicted molar refractivity (Wildman–Crippen MR) is 116 cm³/mol. The van der Waals surface area contributed by atoms with Crippen molar-refractivity contribution < 1.29 is 27.5 Å². The molecule has 1 saturated heterocycles. The number of benzene rings is 2. The summed E-state index contributed by atoms with van der Waals surface area (Å²) in [5.74, 6) is -0.231. The number of ether oxygens (including phenoxy) is 2. The molecule has 0 spiro atoms. The van der Waals surface area contributed by atoms with Crippen LogP contribution in [0.2, 0.25) is 0 Å². The molecular formula is C22H25N3O6S. The van der Waals surface area contributed by atoms with Gasteiger partial charge in [0.2, 0.25) is 16.1 Å². The average Bonchev–Trinajstić information content (AvgIpc) is 2.82. The van der Waals surface area contributed by atoms with Crippen molar-refractivity contribution in [1.29, 1.82) is 0 Å². The third-order valence-corrected chi connectivity index (χ3v) is 7.52. The number of para-hydroxylation sites is 2. The number of piperidine rings is 1. The molecule has 2 heterocycles. The van der Waals surface area contributed by atoms with Gasteiger partial charge in [0.25, 0.3) is 11.8 Å². The van der Waals surface area contributed by atoms with Crippen LogP contribution in [0.4, 0.5) is 0 Å². The number of sulfonamides is 1. The van der Waals surface area contributed by atoms with E-state index in [1.165, 1.54) is 16.4 Å². The fraction of sp³-hybridized carbons (Fsp3) is 0.364. The van der Waals surface area contributed by atoms with Gasteiger partial charge < -0.3 is 9.47 Å². The number of carbonyl (C=O) groups excluding carboxylic acids is 2. The topological polar surface area (TPSA) is 114 Å². The van der Waals surface area contributed by atoms with Crippen LogP contribution in [-0.4, -0.2) is 50.3 Å². The highest BCUT2D eigenvalue weighted by molar-refractivity contribution is 7.89. The molecule has 2 aliphatic rings. The second kappa shape index (κ2) is 9.17. The molecule has 10 heteroatoms. The molecule has 2 amide bonds. The monoisotopic (exact) mass is 459 g/mol. The molecule has 1 fully saturated rings. The van der Waals surface area contributed by atoms with Gasteiger partial charge in [-0.1, -0.05) is 24.6 Å². The van der Waals surface area contributed by atoms with Crippen molar-refractivity contribution in [2.75, 3.05) is 19.7 Å². The van der Waals surface area contributed by atoms with Crippen LogP contribution in [0.25, 0.3) is 0 Å². The van der Waals surface area contributed by atoms with Gasteiger partial charge >= 0.3 is 0 Å². The quantitative estimate of drug-likeness (QED) is 0.674. The van der Waals surface area contributed by atoms with E-state index in [0.29, 0.717) is 30.2 Å². The van der Waals surface area contributed by atoms with E-state index in [0.717, 1.165) is 19.3 Å². The molecule has 2 N–H and O–H groups in total. The number of amides is 2. The molecule has 2 aliphatic heterocycles. The summed E-state index contributed by atoms with van der Waals surface area (Å²) in [7, 11) is -3.70. The number of nitrogens with zero attached hydrogens (tertiary/aromatic N) is 1. The molecule has 0 radical (unpaired) electrons. The number of hydrazine groups is 1. The van der Waals surface area contributed by atoms with Gasteiger partial charge in [-0.15, -0.1) is 0 Å². The van der Waals surface area contributed by atoms with Crippen LogP contribution in [0.15, 0.2) is 47.4 Å². The summed E-state index contributed by atoms with van der Waals surface area (Å²) in [6.45, 7) is 2.64. The van der Waals surface area contributed by atoms with E-state index in [1.54, 1.807) is 37.3 Å². The van der Waals surface area contributed by atoms with Crippen molar-refractivity contribution in [2.45, 2.75) is 37.2 Å². The first-order valence-corrected chi connectivity index (χ1v) is 11.9. The fourth-order valence-electron chi connectivity index (χ4n) is 3.68. The summed E-state index contributed by atoms with van der Waals surface area (Å²) in [6.07, 6.45) is 1.72. The third-order valence-electron chi connectivity index (χ3n) is 5.48. The molecule has 1 atom stereocenters. The zero-order chi connectivity index (χ0) is 22.7. The highest BCUT2D eigenvalue weighted by Gasteiger charge is 2.29. The molecule has 0 unspecified atom stereocenters. The lowest BCUT2D eigenvalue weighted by atomic mass is 10.1. The standard InChI is InChI=1S/C22H25N3O6S/c1-15-9-10-16(13-20(15)32(28,29)25-11-5-2-6-12-25)21(26)23-24-22(27)19-14-30-17-7-3-4-8-18(17)31-19/h3-4,7-10,13,19H,2,5-6,11-12,14H2,1H3,(H,23,26)(H,24,27)/t19-/m1/s1. The highest BCUT2D eigenvalue weighted by atomic mass is 32.2. The van der Waals surface area contributed by atoms with Gasteiger partial charge in [0, 0.05) is 18.7 Å². The van der Waals surface area contributed by atoms with Crippen molar-refractivity contribution >= 4 is 21.8 Å². The van der Waals surface area contributed by atoms with Crippen molar-refractivity contribution in [3.05, 3.63) is 53.6 Å². The van der Waals surface area contributed by atoms with Gasteiger partial charge in [-0.25, -0.2) is 8.42 Å². The zero-order valence-corrected chi connectivity index (χ0v) is 18.5. The SMILES string of the molecule is Cc1ccc(C(=O)NNC(=O)[C@H]2COc3ccccc3O2)cc1S(=O)(=O)N1CCCCC1. The Bertz CT molecular complexity index is 1130. The largest absolute Gasteiger partial charge is 0.485 e. The number of nitrogens with one attached hydrogen (secondary N) is 2. The normalized spacial score (nSPS) is 18.6. The van der Waals surface area contributed by atoms with E-state index >= 15 is 0 Å². The zero-order valence-electron chi connectivity index (χ0n) is 17.7. The van der Waals surface area contributed by atoms with E-state index < -0.39 is 27.9 Å². The maximum absolute atomic E-state index is 13.1. The van der Waals surface area contributed by atoms with Crippen molar-refractivity contribution in [1.82, 2.24) is 15.2 Å². The molecule has 0 saturated carbocycles. The summed E-state index contributed by atoms with van der Waals surface area (Å²) in [6, 6.07) is 11.4. The molecule has 0 bridgehead atoms. The Kier molecular flexibility index (Phi) is 6.33. The van der Waals surface area contributed by atoms with Gasteiger partial charge in [-0.2, -0.15) is 4.31 Å². The summed E-state index contributed by atoms with van der Waals surface area (Å²) in [5.41, 5.74) is 5.31. The summed E-state index contributed by atoms with van der Waals surface area (Å²) in [4.78, 5) is 25.1. The van der Waals surface area contributed by atoms with Crippen LogP contribution in [0.5, 0.6) is 11.5 Å². The van der Waals surface area contributed by atoms with E-state index in [4.69, 9.17) is 9.47 Å². The lowest BCUT2D eigenvalue weighted by molar-refractivity contribution is -0.131. The number of fused-ring (bicyclic) bond motifs is 1. The molecule has 170 valence electrons. The minimum Gasteiger partial charge on any atom is -0.485 e. The Balaban J connectivity index is 1.42. The van der Waals surface area contributed by atoms with Crippen LogP contribution in [0.3, 0.4) is 0 Å². The molecule has 0 aliphatic carbocycles. The maximum Gasteiger partial charge on any atom is 0.283 e. The summed E-state index contributed by atoms with van der Waals surface area (Å²) < 4.78 is 38.7. The second-order valence-electron chi connectivity index (χ2n) is 7.75. The molecule has 4 rings (SSSR count). The molecule has 2 aromatic carbocycles. The summed E-state index contributed by atoms with van der Waals surface area (Å²) in [5, 5.41) is 0. The van der Waals surface area contributed by atoms with Crippen LogP contribution >= 0.6 is 0 Å². The number of carbonyl (C=O) groups is 2. The fourth-order valence-corrected chi connectivity index (χ4v) is 5.45. The third kappa shape index (κ3) is 4.56. The first-order chi connectivity index (χ1) is 15.4. The molecule has 9 nitrogen and oxygen atoms in total. The van der Waals surface area contributed by atoms with Crippen molar-refractivity contribution in [3.63, 3.8) is 0 Å². The Morgan fingerprint density at radius 2 is 1.72 bits per heavy atom. The van der Waals surface area contributed by atoms with Gasteiger partial charge in [-0.05, 0) is 49.6 Å². The van der Waals surface area contributed by atoms with Crippen LogP contribution in [0.1, 0.15) is 35.2 Å². The van der Waals surface area contributed by atoms with Crippen LogP contribution < -0.4 is 20.3 Å². The number of hydrogen-bond donors (Lipinski definition) is 2. The van der Waals surface area contributed by atoms with E-state index in [1.807, 2.05) is 0 Å². The Morgan fingerprint density at radius 3 is 2.47 bits per heavy atom. The van der Waals surface area contributed by atoms with E-state index in [2.05, 4.69) is 10.9 Å². The molecular weight excluding hydrogens is 434 g/mol. The number of aryl methyl sites for hydroxylation is 1. The van der Waals surface area contributed by atoms with Crippen LogP contribution in [0, 0.1) is 6.92 Å². The number of rotatable bonds is 4. The second-order valence-corrected chi connectivity index (χ2v) is 9.66. The lowest BCUT2D eigenvalue weighted by Crippen LogP contribution is -2.50. The molecule has 32 heavy (non-hydrogen) atoms. The molecule has 0 aromatic heterocycles. The lowest BCUT2D eigenvalue weighted by Gasteiger charge is -2.26. The first-order valence-electron chi connectivity index (χ1n) is 10.5. The smallest absolute Gasteiger partial charge is 0.283 e. The van der Waals surface area contributed by atoms with Gasteiger partial charge in [0.15, 0.2) is 11.5 Å². The van der Waals surface area contributed by atoms with Crippen molar-refractivity contribution in [2.24, 2.45) is 0 Å². The van der Waals surface area contributed by atoms with Gasteiger partial charge in [0.05, 0.1) is 4.90 Å². The Morgan fingerprint density at radius 1 is 1.00 bits per heavy atom. The van der Waals surface area contributed by atoms with E-state index in [9.17, 15) is 18.0 Å². The minimum absolute atomic E-state index is 0.00146. The van der Waals surface area contributed by atoms with Gasteiger partial charge in [0.1, 0.15) is 6.61 Å².